The largest absolute Gasteiger partial charge is 0.707 e. The smallest absolute Gasteiger partial charge is 0.507 e. The Morgan fingerprint density at radius 1 is 0.538 bits per heavy atom. The van der Waals surface area contributed by atoms with E-state index < -0.39 is 42.2 Å². The van der Waals surface area contributed by atoms with E-state index in [1.165, 1.54) is 44.8 Å². The highest BCUT2D eigenvalue weighted by Crippen LogP contribution is 2.29. The molecule has 0 unspecified atom stereocenters. The molecule has 0 spiro atoms. The van der Waals surface area contributed by atoms with E-state index in [0.717, 1.165) is 0 Å². The summed E-state index contributed by atoms with van der Waals surface area (Å²) in [5, 5.41) is 16.3. The van der Waals surface area contributed by atoms with Crippen LogP contribution in [-0.4, -0.2) is 45.6 Å². The zero-order valence-corrected chi connectivity index (χ0v) is 24.0. The van der Waals surface area contributed by atoms with Crippen LogP contribution in [0.25, 0.3) is 0 Å². The van der Waals surface area contributed by atoms with Crippen molar-refractivity contribution in [2.45, 2.75) is 41.5 Å². The lowest BCUT2D eigenvalue weighted by molar-refractivity contribution is 0.263. The van der Waals surface area contributed by atoms with Gasteiger partial charge in [-0.1, -0.05) is 35.4 Å². The Kier molecular flexibility index (Phi) is 12.3. The van der Waals surface area contributed by atoms with Crippen LogP contribution in [0.1, 0.15) is 33.4 Å². The molecule has 0 saturated heterocycles. The molecule has 0 amide bonds. The third-order valence-electron chi connectivity index (χ3n) is 5.56. The predicted octanol–water partition coefficient (Wildman–Crippen LogP) is 6.09. The molecule has 3 aromatic carbocycles. The van der Waals surface area contributed by atoms with Crippen molar-refractivity contribution in [1.29, 1.82) is 0 Å². The molecule has 5 nitrogen and oxygen atoms in total. The zero-order chi connectivity index (χ0) is 30.4. The summed E-state index contributed by atoms with van der Waals surface area (Å²) in [5.41, 5.74) is 10.8. The fourth-order valence-corrected chi connectivity index (χ4v) is 4.55. The third-order valence-corrected chi connectivity index (χ3v) is 5.56. The van der Waals surface area contributed by atoms with E-state index >= 15 is 0 Å². The van der Waals surface area contributed by atoms with Gasteiger partial charge >= 0.3 is 7.32 Å². The van der Waals surface area contributed by atoms with Gasteiger partial charge in [0.05, 0.1) is 0 Å². The van der Waals surface area contributed by atoms with Crippen molar-refractivity contribution < 1.29 is 36.7 Å². The minimum Gasteiger partial charge on any atom is -0.507 e. The number of hydrogen-bond acceptors (Lipinski definition) is 5. The molecular weight excluding hydrogens is 518 g/mol. The molecular formula is C28H36BF5N2O3. The molecule has 214 valence electrons. The van der Waals surface area contributed by atoms with Crippen molar-refractivity contribution in [1.82, 2.24) is 0 Å². The highest BCUT2D eigenvalue weighted by atomic mass is 19.2. The molecule has 0 radical (unpaired) electrons. The number of halogens is 5. The highest BCUT2D eigenvalue weighted by Gasteiger charge is 2.29. The molecule has 2 N–H and O–H groups in total. The molecule has 0 aliphatic carbocycles. The van der Waals surface area contributed by atoms with Gasteiger partial charge in [-0.3, -0.25) is 0 Å². The minimum atomic E-state index is -2.70. The second-order valence-electron chi connectivity index (χ2n) is 9.63. The van der Waals surface area contributed by atoms with Gasteiger partial charge in [-0.05, 0) is 63.8 Å². The average molecular weight is 554 g/mol. The van der Waals surface area contributed by atoms with Crippen molar-refractivity contribution in [2.24, 2.45) is 0 Å². The zero-order valence-electron chi connectivity index (χ0n) is 24.0. The van der Waals surface area contributed by atoms with Crippen LogP contribution in [0.5, 0.6) is 5.75 Å². The van der Waals surface area contributed by atoms with Gasteiger partial charge in [0.15, 0.2) is 5.75 Å². The first-order chi connectivity index (χ1) is 17.9. The maximum absolute atomic E-state index is 12.7. The van der Waals surface area contributed by atoms with Gasteiger partial charge in [-0.15, -0.1) is 0 Å². The molecule has 0 bridgehead atoms. The first-order valence-corrected chi connectivity index (χ1v) is 11.9. The Bertz CT molecular complexity index is 1160. The Labute approximate surface area is 227 Å². The number of benzene rings is 3. The van der Waals surface area contributed by atoms with Crippen LogP contribution in [-0.2, 0) is 0 Å². The molecule has 0 atom stereocenters. The molecule has 0 aliphatic heterocycles. The summed E-state index contributed by atoms with van der Waals surface area (Å²) in [6.45, 7) is 12.9. The Morgan fingerprint density at radius 2 is 0.795 bits per heavy atom. The fourth-order valence-electron chi connectivity index (χ4n) is 4.55. The van der Waals surface area contributed by atoms with Crippen molar-refractivity contribution >= 4 is 18.7 Å². The van der Waals surface area contributed by atoms with Gasteiger partial charge < -0.3 is 24.5 Å². The van der Waals surface area contributed by atoms with Gasteiger partial charge in [0.2, 0.25) is 29.1 Å². The average Bonchev–Trinajstić information content (AvgIpc) is 2.78. The van der Waals surface area contributed by atoms with Crippen LogP contribution in [0.2, 0.25) is 0 Å². The lowest BCUT2D eigenvalue weighted by atomic mass is 10.0. The molecule has 0 fully saturated rings. The molecule has 0 aromatic heterocycles. The summed E-state index contributed by atoms with van der Waals surface area (Å²) < 4.78 is 66.3. The van der Waals surface area contributed by atoms with E-state index in [4.69, 9.17) is 10.0 Å². The maximum Gasteiger partial charge on any atom is 0.707 e. The normalized spacial score (nSPS) is 10.2. The van der Waals surface area contributed by atoms with Gasteiger partial charge in [0.1, 0.15) is 0 Å². The van der Waals surface area contributed by atoms with Gasteiger partial charge in [0, 0.05) is 39.6 Å². The number of nitrogens with zero attached hydrogens (tertiary/aromatic N) is 2. The van der Waals surface area contributed by atoms with Crippen LogP contribution in [0, 0.1) is 70.6 Å². The van der Waals surface area contributed by atoms with Crippen LogP contribution in [0.4, 0.5) is 33.3 Å². The maximum atomic E-state index is 12.7. The first kappa shape index (κ1) is 33.7. The number of rotatable bonds is 4. The molecule has 39 heavy (non-hydrogen) atoms. The molecule has 3 rings (SSSR count). The summed E-state index contributed by atoms with van der Waals surface area (Å²) in [4.78, 5) is 4.34. The van der Waals surface area contributed by atoms with E-state index in [2.05, 4.69) is 108 Å². The lowest BCUT2D eigenvalue weighted by Crippen LogP contribution is -2.23. The summed E-state index contributed by atoms with van der Waals surface area (Å²) in [5.74, 6) is -13.1. The van der Waals surface area contributed by atoms with E-state index in [1.807, 2.05) is 0 Å². The summed E-state index contributed by atoms with van der Waals surface area (Å²) >= 11 is 0. The topological polar surface area (TPSA) is 56.2 Å². The van der Waals surface area contributed by atoms with E-state index in [1.54, 1.807) is 0 Å². The van der Waals surface area contributed by atoms with Crippen molar-refractivity contribution in [3.8, 4) is 5.75 Å². The van der Waals surface area contributed by atoms with Crippen molar-refractivity contribution in [3.05, 3.63) is 86.7 Å². The van der Waals surface area contributed by atoms with E-state index in [0.29, 0.717) is 0 Å². The molecule has 3 aromatic rings. The second-order valence-corrected chi connectivity index (χ2v) is 9.63. The second kappa shape index (κ2) is 14.2. The summed E-state index contributed by atoms with van der Waals surface area (Å²) in [6, 6.07) is 8.90. The Balaban J connectivity index is 0.000000295. The Hall–Kier alpha value is -3.31. The van der Waals surface area contributed by atoms with Crippen LogP contribution >= 0.6 is 0 Å². The van der Waals surface area contributed by atoms with Crippen LogP contribution in [0.3, 0.4) is 0 Å². The monoisotopic (exact) mass is 554 g/mol. The van der Waals surface area contributed by atoms with Gasteiger partial charge in [-0.2, -0.15) is 8.78 Å². The van der Waals surface area contributed by atoms with Crippen LogP contribution in [0.15, 0.2) is 24.3 Å². The SMILES string of the molecule is Cc1cc(C)c(N(C)C)c(C)c1.Cc1cc(C)c(N(C)C)c(C)c1.OB(O)Oc1c(F)c(F)c(F)c(F)c1F. The van der Waals surface area contributed by atoms with Gasteiger partial charge in [0.25, 0.3) is 0 Å². The minimum absolute atomic E-state index is 1.34. The highest BCUT2D eigenvalue weighted by molar-refractivity contribution is 6.33. The fraction of sp³-hybridized carbons (Fsp3) is 0.357. The van der Waals surface area contributed by atoms with Gasteiger partial charge in [-0.25, -0.2) is 13.2 Å². The Morgan fingerprint density at radius 3 is 1.03 bits per heavy atom. The number of hydrogen-bond donors (Lipinski definition) is 2. The first-order valence-electron chi connectivity index (χ1n) is 11.9. The number of anilines is 2. The van der Waals surface area contributed by atoms with Crippen LogP contribution < -0.4 is 14.5 Å². The van der Waals surface area contributed by atoms with E-state index in [-0.39, 0.29) is 0 Å². The quantitative estimate of drug-likeness (QED) is 0.177. The molecule has 11 heteroatoms. The van der Waals surface area contributed by atoms with E-state index in [9.17, 15) is 22.0 Å². The predicted molar refractivity (Wildman–Crippen MR) is 147 cm³/mol. The van der Waals surface area contributed by atoms with Crippen molar-refractivity contribution in [3.63, 3.8) is 0 Å². The molecule has 0 saturated carbocycles. The lowest BCUT2D eigenvalue weighted by Gasteiger charge is -2.19. The molecule has 0 aliphatic rings. The summed E-state index contributed by atoms with van der Waals surface area (Å²) in [7, 11) is 5.66. The summed E-state index contributed by atoms with van der Waals surface area (Å²) in [6.07, 6.45) is 0. The number of aryl methyl sites for hydroxylation is 6. The molecule has 0 heterocycles. The van der Waals surface area contributed by atoms with Crippen molar-refractivity contribution in [2.75, 3.05) is 38.0 Å². The third kappa shape index (κ3) is 8.86. The standard InChI is InChI=1S/2C11H17N.C6H2BF5O3/c2*1-8-6-9(2)11(12(4)5)10(3)7-8;8-1-2(9)4(11)6(15-7(13)14)5(12)3(1)10/h2*6-7H,1-5H3;13-14H.